The van der Waals surface area contributed by atoms with E-state index in [9.17, 15) is 26.2 Å². The third kappa shape index (κ3) is 4.68. The van der Waals surface area contributed by atoms with Crippen molar-refractivity contribution >= 4 is 10.8 Å². The summed E-state index contributed by atoms with van der Waals surface area (Å²) in [6.45, 7) is -0.0669. The summed E-state index contributed by atoms with van der Waals surface area (Å²) >= 11 is 0. The largest absolute Gasteiger partial charge is 0.253 e. The van der Waals surface area contributed by atoms with E-state index in [1.165, 1.54) is 0 Å². The Bertz CT molecular complexity index is 1090. The van der Waals surface area contributed by atoms with Gasteiger partial charge in [0, 0.05) is 16.0 Å². The second-order valence-electron chi connectivity index (χ2n) is 4.93. The van der Waals surface area contributed by atoms with Gasteiger partial charge in [-0.1, -0.05) is 40.9 Å². The number of azide groups is 1. The molecule has 0 aliphatic heterocycles. The van der Waals surface area contributed by atoms with E-state index in [-0.39, 0.29) is 6.54 Å². The molecule has 0 spiro atoms. The Hall–Kier alpha value is -3.33. The average Bonchev–Trinajstić information content (AvgIpc) is 2.69. The fourth-order valence-corrected chi connectivity index (χ4v) is 2.88. The van der Waals surface area contributed by atoms with E-state index in [2.05, 4.69) is 33.7 Å². The zero-order valence-corrected chi connectivity index (χ0v) is 14.6. The lowest BCUT2D eigenvalue weighted by atomic mass is 10.1. The van der Waals surface area contributed by atoms with Crippen molar-refractivity contribution in [1.29, 1.82) is 0 Å². The lowest BCUT2D eigenvalue weighted by Gasteiger charge is -2.06. The monoisotopic (exact) mass is 409 g/mol. The highest BCUT2D eigenvalue weighted by Gasteiger charge is 2.28. The maximum atomic E-state index is 13.7. The lowest BCUT2D eigenvalue weighted by Crippen LogP contribution is -2.10. The third-order valence-corrected chi connectivity index (χ3v) is 4.41. The molecule has 0 N–H and O–H groups in total. The van der Waals surface area contributed by atoms with Crippen LogP contribution in [0.1, 0.15) is 11.1 Å². The molecule has 0 radical (unpaired) electrons. The highest BCUT2D eigenvalue weighted by Crippen LogP contribution is 2.25. The fraction of sp³-hybridized carbons (Fsp3) is 0.111. The molecule has 1 atom stereocenters. The van der Waals surface area contributed by atoms with Crippen molar-refractivity contribution in [2.45, 2.75) is 4.90 Å². The van der Waals surface area contributed by atoms with Crippen molar-refractivity contribution in [2.75, 3.05) is 12.3 Å². The molecule has 0 saturated carbocycles. The molecule has 0 amide bonds. The van der Waals surface area contributed by atoms with Gasteiger partial charge in [0.15, 0.2) is 23.3 Å². The first-order valence-corrected chi connectivity index (χ1v) is 8.67. The molecule has 0 aliphatic rings. The van der Waals surface area contributed by atoms with E-state index in [4.69, 9.17) is 5.53 Å². The van der Waals surface area contributed by atoms with Crippen molar-refractivity contribution in [3.63, 3.8) is 0 Å². The van der Waals surface area contributed by atoms with E-state index in [1.807, 2.05) is 0 Å². The Kier molecular flexibility index (Phi) is 7.16. The van der Waals surface area contributed by atoms with Gasteiger partial charge in [-0.2, -0.15) is 0 Å². The Morgan fingerprint density at radius 2 is 1.39 bits per heavy atom. The quantitative estimate of drug-likeness (QED) is 0.143. The van der Waals surface area contributed by atoms with Crippen LogP contribution in [0.5, 0.6) is 0 Å². The number of halogens is 5. The highest BCUT2D eigenvalue weighted by molar-refractivity contribution is 7.85. The molecule has 0 heterocycles. The Balaban J connectivity index is 2.28. The Labute approximate surface area is 158 Å². The van der Waals surface area contributed by atoms with Gasteiger partial charge in [0.1, 0.15) is 4.90 Å². The molecular formula is C18H8F5N3OS. The van der Waals surface area contributed by atoms with Crippen LogP contribution in [0, 0.1) is 52.8 Å². The molecule has 0 bridgehead atoms. The summed E-state index contributed by atoms with van der Waals surface area (Å²) in [6, 6.07) is 6.46. The van der Waals surface area contributed by atoms with Crippen molar-refractivity contribution < 1.29 is 26.2 Å². The standard InChI is InChI=1S/C18H8F5N3OS/c19-13-14(20)16(22)18(17(23)15(13)21)28(27)10-4-8-12-6-2-1-5-11(12)7-3-9-25-26-24/h1-2,5-6H,9-10H2. The van der Waals surface area contributed by atoms with Crippen LogP contribution < -0.4 is 0 Å². The molecule has 0 aromatic heterocycles. The van der Waals surface area contributed by atoms with Gasteiger partial charge in [-0.3, -0.25) is 4.21 Å². The van der Waals surface area contributed by atoms with Gasteiger partial charge in [-0.05, 0) is 17.7 Å². The van der Waals surface area contributed by atoms with Crippen LogP contribution in [0.25, 0.3) is 10.4 Å². The van der Waals surface area contributed by atoms with Crippen molar-refractivity contribution in [3.8, 4) is 23.7 Å². The first-order valence-electron chi connectivity index (χ1n) is 7.36. The summed E-state index contributed by atoms with van der Waals surface area (Å²) in [6.07, 6.45) is 0. The normalized spacial score (nSPS) is 10.8. The first-order chi connectivity index (χ1) is 13.4. The molecule has 2 aromatic rings. The topological polar surface area (TPSA) is 65.8 Å². The minimum absolute atomic E-state index is 0.0669. The zero-order chi connectivity index (χ0) is 20.7. The number of rotatable bonds is 3. The van der Waals surface area contributed by atoms with Crippen LogP contribution in [-0.2, 0) is 10.8 Å². The van der Waals surface area contributed by atoms with Crippen LogP contribution in [-0.4, -0.2) is 16.5 Å². The maximum Gasteiger partial charge on any atom is 0.200 e. The Morgan fingerprint density at radius 3 is 1.93 bits per heavy atom. The number of hydrogen-bond donors (Lipinski definition) is 0. The minimum atomic E-state index is -2.59. The molecule has 0 saturated heterocycles. The third-order valence-electron chi connectivity index (χ3n) is 3.19. The van der Waals surface area contributed by atoms with Gasteiger partial charge in [0.2, 0.25) is 5.82 Å². The molecule has 28 heavy (non-hydrogen) atoms. The predicted octanol–water partition coefficient (Wildman–Crippen LogP) is 4.20. The molecule has 0 aliphatic carbocycles. The van der Waals surface area contributed by atoms with Gasteiger partial charge in [0.05, 0.1) is 23.1 Å². The summed E-state index contributed by atoms with van der Waals surface area (Å²) in [5, 5.41) is 3.24. The molecule has 2 rings (SSSR count). The predicted molar refractivity (Wildman–Crippen MR) is 91.7 cm³/mol. The number of benzene rings is 2. The van der Waals surface area contributed by atoms with Gasteiger partial charge in [0.25, 0.3) is 0 Å². The summed E-state index contributed by atoms with van der Waals surface area (Å²) in [4.78, 5) is 1.12. The van der Waals surface area contributed by atoms with Gasteiger partial charge < -0.3 is 0 Å². The highest BCUT2D eigenvalue weighted by atomic mass is 32.2. The van der Waals surface area contributed by atoms with Crippen LogP contribution in [0.3, 0.4) is 0 Å². The summed E-state index contributed by atoms with van der Waals surface area (Å²) in [5.74, 6) is -1.39. The summed E-state index contributed by atoms with van der Waals surface area (Å²) in [7, 11) is -2.59. The van der Waals surface area contributed by atoms with Crippen molar-refractivity contribution in [1.82, 2.24) is 0 Å². The lowest BCUT2D eigenvalue weighted by molar-refractivity contribution is 0.359. The molecule has 10 heteroatoms. The molecule has 142 valence electrons. The van der Waals surface area contributed by atoms with Crippen LogP contribution >= 0.6 is 0 Å². The average molecular weight is 409 g/mol. The van der Waals surface area contributed by atoms with E-state index in [1.54, 1.807) is 24.3 Å². The molecule has 2 aromatic carbocycles. The van der Waals surface area contributed by atoms with Gasteiger partial charge >= 0.3 is 0 Å². The van der Waals surface area contributed by atoms with Crippen LogP contribution in [0.2, 0.25) is 0 Å². The molecule has 4 nitrogen and oxygen atoms in total. The summed E-state index contributed by atoms with van der Waals surface area (Å²) in [5.41, 5.74) is 9.02. The zero-order valence-electron chi connectivity index (χ0n) is 13.8. The fourth-order valence-electron chi connectivity index (χ4n) is 1.96. The summed E-state index contributed by atoms with van der Waals surface area (Å²) < 4.78 is 78.8. The molecule has 1 unspecified atom stereocenters. The van der Waals surface area contributed by atoms with Crippen molar-refractivity contribution in [3.05, 3.63) is 74.9 Å². The maximum absolute atomic E-state index is 13.7. The minimum Gasteiger partial charge on any atom is -0.253 e. The van der Waals surface area contributed by atoms with Crippen LogP contribution in [0.4, 0.5) is 22.0 Å². The van der Waals surface area contributed by atoms with Crippen molar-refractivity contribution in [2.24, 2.45) is 5.11 Å². The van der Waals surface area contributed by atoms with E-state index in [0.717, 1.165) is 0 Å². The second-order valence-corrected chi connectivity index (χ2v) is 6.31. The number of hydrogen-bond acceptors (Lipinski definition) is 2. The second kappa shape index (κ2) is 9.56. The SMILES string of the molecule is [N-]=[N+]=NCC#Cc1ccccc1C#CCS(=O)c1c(F)c(F)c(F)c(F)c1F. The first kappa shape index (κ1) is 21.0. The molecule has 0 fully saturated rings. The smallest absolute Gasteiger partial charge is 0.200 e. The van der Waals surface area contributed by atoms with E-state index >= 15 is 0 Å². The van der Waals surface area contributed by atoms with E-state index < -0.39 is 50.5 Å². The van der Waals surface area contributed by atoms with Crippen LogP contribution in [0.15, 0.2) is 34.3 Å². The molecular weight excluding hydrogens is 401 g/mol. The Morgan fingerprint density at radius 1 is 0.893 bits per heavy atom. The van der Waals surface area contributed by atoms with Gasteiger partial charge in [-0.25, -0.2) is 22.0 Å². The van der Waals surface area contributed by atoms with E-state index in [0.29, 0.717) is 11.1 Å². The number of nitrogens with zero attached hydrogens (tertiary/aromatic N) is 3. The van der Waals surface area contributed by atoms with Gasteiger partial charge in [-0.15, -0.1) is 0 Å².